The van der Waals surface area contributed by atoms with Crippen molar-refractivity contribution in [3.8, 4) is 5.75 Å². The first-order valence-corrected chi connectivity index (χ1v) is 7.73. The molecule has 2 atom stereocenters. The van der Waals surface area contributed by atoms with Gasteiger partial charge in [0.05, 0.1) is 4.70 Å². The highest BCUT2D eigenvalue weighted by Gasteiger charge is 2.22. The summed E-state index contributed by atoms with van der Waals surface area (Å²) >= 11 is 1.63. The van der Waals surface area contributed by atoms with Crippen LogP contribution in [0.5, 0.6) is 5.75 Å². The summed E-state index contributed by atoms with van der Waals surface area (Å²) in [4.78, 5) is 0. The number of ether oxygens (including phenoxy) is 1. The Labute approximate surface area is 139 Å². The van der Waals surface area contributed by atoms with Crippen molar-refractivity contribution in [1.82, 2.24) is 0 Å². The molecule has 0 spiro atoms. The van der Waals surface area contributed by atoms with E-state index in [1.54, 1.807) is 11.3 Å². The molecule has 3 N–H and O–H groups in total. The van der Waals surface area contributed by atoms with Gasteiger partial charge in [-0.15, -0.1) is 23.7 Å². The van der Waals surface area contributed by atoms with Gasteiger partial charge in [0.2, 0.25) is 0 Å². The van der Waals surface area contributed by atoms with Crippen LogP contribution in [-0.2, 0) is 0 Å². The number of hydrogen-bond donors (Lipinski definition) is 2. The molecule has 0 saturated carbocycles. The van der Waals surface area contributed by atoms with Crippen LogP contribution in [0, 0.1) is 0 Å². The average Bonchev–Trinajstić information content (AvgIpc) is 3.02. The first-order valence-electron chi connectivity index (χ1n) is 6.85. The van der Waals surface area contributed by atoms with Gasteiger partial charge in [-0.2, -0.15) is 0 Å². The molecule has 0 aliphatic carbocycles. The van der Waals surface area contributed by atoms with Crippen molar-refractivity contribution in [3.05, 3.63) is 65.5 Å². The van der Waals surface area contributed by atoms with Crippen LogP contribution >= 0.6 is 23.7 Å². The molecule has 3 nitrogen and oxygen atoms in total. The Morgan fingerprint density at radius 3 is 2.55 bits per heavy atom. The molecule has 0 aliphatic rings. The summed E-state index contributed by atoms with van der Waals surface area (Å²) in [6.07, 6.45) is -1.22. The van der Waals surface area contributed by atoms with E-state index in [9.17, 15) is 5.11 Å². The lowest BCUT2D eigenvalue weighted by molar-refractivity contribution is 0.0424. The number of aliphatic hydroxyl groups excluding tert-OH is 1. The summed E-state index contributed by atoms with van der Waals surface area (Å²) < 4.78 is 7.19. The minimum Gasteiger partial charge on any atom is -0.481 e. The third-order valence-corrected chi connectivity index (χ3v) is 4.36. The van der Waals surface area contributed by atoms with Gasteiger partial charge in [0, 0.05) is 6.54 Å². The topological polar surface area (TPSA) is 55.5 Å². The van der Waals surface area contributed by atoms with Gasteiger partial charge in [-0.25, -0.2) is 0 Å². The zero-order valence-corrected chi connectivity index (χ0v) is 13.5. The van der Waals surface area contributed by atoms with Gasteiger partial charge in [-0.1, -0.05) is 42.5 Å². The Morgan fingerprint density at radius 1 is 1.05 bits per heavy atom. The third-order valence-electron chi connectivity index (χ3n) is 3.42. The highest BCUT2D eigenvalue weighted by Crippen LogP contribution is 2.34. The van der Waals surface area contributed by atoms with Crippen LogP contribution in [0.3, 0.4) is 0 Å². The SMILES string of the molecule is Cl.NC[C@@H](O)[C@H](Oc1cccc2ccsc12)c1ccccc1. The zero-order chi connectivity index (χ0) is 14.7. The second-order valence-corrected chi connectivity index (χ2v) is 5.76. The van der Waals surface area contributed by atoms with Gasteiger partial charge in [0.15, 0.2) is 6.10 Å². The molecule has 1 aromatic heterocycles. The quantitative estimate of drug-likeness (QED) is 0.746. The molecule has 3 rings (SSSR count). The number of nitrogens with two attached hydrogens (primary N) is 1. The van der Waals surface area contributed by atoms with Crippen LogP contribution in [0.1, 0.15) is 11.7 Å². The minimum atomic E-state index is -0.748. The van der Waals surface area contributed by atoms with E-state index in [4.69, 9.17) is 10.5 Å². The molecule has 1 heterocycles. The van der Waals surface area contributed by atoms with Crippen molar-refractivity contribution in [1.29, 1.82) is 0 Å². The molecule has 22 heavy (non-hydrogen) atoms. The Hall–Kier alpha value is -1.59. The lowest BCUT2D eigenvalue weighted by Crippen LogP contribution is -2.30. The van der Waals surface area contributed by atoms with Crippen LogP contribution in [-0.4, -0.2) is 17.8 Å². The van der Waals surface area contributed by atoms with Crippen molar-refractivity contribution in [2.24, 2.45) is 5.73 Å². The summed E-state index contributed by atoms with van der Waals surface area (Å²) in [5, 5.41) is 13.4. The Morgan fingerprint density at radius 2 is 1.82 bits per heavy atom. The molecule has 0 radical (unpaired) electrons. The smallest absolute Gasteiger partial charge is 0.151 e. The summed E-state index contributed by atoms with van der Waals surface area (Å²) in [6.45, 7) is 0.153. The van der Waals surface area contributed by atoms with E-state index < -0.39 is 12.2 Å². The Kier molecular flexibility index (Phi) is 5.80. The van der Waals surface area contributed by atoms with E-state index in [-0.39, 0.29) is 19.0 Å². The van der Waals surface area contributed by atoms with E-state index >= 15 is 0 Å². The highest BCUT2D eigenvalue weighted by molar-refractivity contribution is 7.17. The molecule has 116 valence electrons. The van der Waals surface area contributed by atoms with Crippen LogP contribution in [0.4, 0.5) is 0 Å². The number of benzene rings is 2. The fourth-order valence-electron chi connectivity index (χ4n) is 2.33. The zero-order valence-electron chi connectivity index (χ0n) is 11.9. The van der Waals surface area contributed by atoms with Gasteiger partial charge in [0.1, 0.15) is 11.9 Å². The third kappa shape index (κ3) is 3.42. The van der Waals surface area contributed by atoms with Crippen molar-refractivity contribution in [3.63, 3.8) is 0 Å². The summed E-state index contributed by atoms with van der Waals surface area (Å²) in [7, 11) is 0. The van der Waals surface area contributed by atoms with Crippen molar-refractivity contribution in [2.75, 3.05) is 6.54 Å². The maximum absolute atomic E-state index is 10.2. The average molecular weight is 336 g/mol. The maximum atomic E-state index is 10.2. The molecule has 3 aromatic rings. The number of hydrogen-bond acceptors (Lipinski definition) is 4. The molecular weight excluding hydrogens is 318 g/mol. The van der Waals surface area contributed by atoms with Gasteiger partial charge < -0.3 is 15.6 Å². The Balaban J connectivity index is 0.00000176. The largest absolute Gasteiger partial charge is 0.481 e. The van der Waals surface area contributed by atoms with Gasteiger partial charge in [-0.3, -0.25) is 0 Å². The number of thiophene rings is 1. The molecule has 0 amide bonds. The van der Waals surface area contributed by atoms with Crippen molar-refractivity contribution in [2.45, 2.75) is 12.2 Å². The summed E-state index contributed by atoms with van der Waals surface area (Å²) in [6, 6.07) is 17.7. The molecule has 0 bridgehead atoms. The lowest BCUT2D eigenvalue weighted by atomic mass is 10.0. The van der Waals surface area contributed by atoms with Crippen molar-refractivity contribution >= 4 is 33.8 Å². The molecule has 5 heteroatoms. The van der Waals surface area contributed by atoms with E-state index in [1.165, 1.54) is 0 Å². The number of fused-ring (bicyclic) bond motifs is 1. The molecule has 0 aliphatic heterocycles. The lowest BCUT2D eigenvalue weighted by Gasteiger charge is -2.24. The first-order chi connectivity index (χ1) is 10.3. The maximum Gasteiger partial charge on any atom is 0.151 e. The molecule has 0 saturated heterocycles. The van der Waals surface area contributed by atoms with E-state index in [1.807, 2.05) is 47.8 Å². The minimum absolute atomic E-state index is 0. The summed E-state index contributed by atoms with van der Waals surface area (Å²) in [5.74, 6) is 0.781. The highest BCUT2D eigenvalue weighted by atomic mass is 35.5. The number of halogens is 1. The van der Waals surface area contributed by atoms with Crippen molar-refractivity contribution < 1.29 is 9.84 Å². The molecule has 0 unspecified atom stereocenters. The second kappa shape index (κ2) is 7.61. The van der Waals surface area contributed by atoms with Crippen LogP contribution in [0.25, 0.3) is 10.1 Å². The molecule has 0 fully saturated rings. The predicted octanol–water partition coefficient (Wildman–Crippen LogP) is 3.76. The van der Waals surface area contributed by atoms with Crippen LogP contribution < -0.4 is 10.5 Å². The van der Waals surface area contributed by atoms with E-state index in [0.29, 0.717) is 0 Å². The second-order valence-electron chi connectivity index (χ2n) is 4.85. The summed E-state index contributed by atoms with van der Waals surface area (Å²) in [5.41, 5.74) is 6.55. The number of rotatable bonds is 5. The van der Waals surface area contributed by atoms with E-state index in [2.05, 4.69) is 12.1 Å². The van der Waals surface area contributed by atoms with Crippen LogP contribution in [0.15, 0.2) is 60.0 Å². The first kappa shape index (κ1) is 16.8. The molecular formula is C17H18ClNO2S. The normalized spacial score (nSPS) is 13.4. The standard InChI is InChI=1S/C17H17NO2S.ClH/c18-11-14(19)16(12-5-2-1-3-6-12)20-15-8-4-7-13-9-10-21-17(13)15;/h1-10,14,16,19H,11,18H2;1H/t14-,16-;/m1./s1. The van der Waals surface area contributed by atoms with Gasteiger partial charge >= 0.3 is 0 Å². The van der Waals surface area contributed by atoms with E-state index in [0.717, 1.165) is 21.4 Å². The van der Waals surface area contributed by atoms with Gasteiger partial charge in [-0.05, 0) is 28.5 Å². The monoisotopic (exact) mass is 335 g/mol. The fraction of sp³-hybridized carbons (Fsp3) is 0.176. The molecule has 2 aromatic carbocycles. The fourth-order valence-corrected chi connectivity index (χ4v) is 3.19. The predicted molar refractivity (Wildman–Crippen MR) is 93.9 cm³/mol. The van der Waals surface area contributed by atoms with Crippen LogP contribution in [0.2, 0.25) is 0 Å². The Bertz CT molecular complexity index is 717. The van der Waals surface area contributed by atoms with Gasteiger partial charge in [0.25, 0.3) is 0 Å². The number of aliphatic hydroxyl groups is 1.